The number of esters is 1. The van der Waals surface area contributed by atoms with Crippen LogP contribution in [0.1, 0.15) is 43.4 Å². The predicted octanol–water partition coefficient (Wildman–Crippen LogP) is 4.97. The van der Waals surface area contributed by atoms with Crippen molar-refractivity contribution in [1.29, 1.82) is 0 Å². The smallest absolute Gasteiger partial charge is 0.338 e. The van der Waals surface area contributed by atoms with Crippen LogP contribution in [0.3, 0.4) is 0 Å². The second-order valence-electron chi connectivity index (χ2n) is 5.85. The lowest BCUT2D eigenvalue weighted by Crippen LogP contribution is -2.10. The standard InChI is InChI=1S/C21H24O3/c1-5-23-21(22)16(4)20-18(15(2)3)12-9-13-19(20)24-14-17-10-7-6-8-11-17/h6-13,15H,4-5,14H2,1-3H3. The molecule has 3 heteroatoms. The summed E-state index contributed by atoms with van der Waals surface area (Å²) in [5, 5.41) is 0. The first kappa shape index (κ1) is 17.8. The summed E-state index contributed by atoms with van der Waals surface area (Å²) in [4.78, 5) is 12.2. The molecular formula is C21H24O3. The Kier molecular flexibility index (Phi) is 6.19. The minimum Gasteiger partial charge on any atom is -0.488 e. The van der Waals surface area contributed by atoms with Crippen molar-refractivity contribution < 1.29 is 14.3 Å². The van der Waals surface area contributed by atoms with Crippen LogP contribution in [0, 0.1) is 0 Å². The second-order valence-corrected chi connectivity index (χ2v) is 5.85. The van der Waals surface area contributed by atoms with Crippen LogP contribution in [0.25, 0.3) is 5.57 Å². The minimum atomic E-state index is -0.407. The van der Waals surface area contributed by atoms with Gasteiger partial charge in [-0.2, -0.15) is 0 Å². The van der Waals surface area contributed by atoms with E-state index in [0.29, 0.717) is 24.5 Å². The molecule has 0 N–H and O–H groups in total. The number of ether oxygens (including phenoxy) is 2. The summed E-state index contributed by atoms with van der Waals surface area (Å²) < 4.78 is 11.1. The van der Waals surface area contributed by atoms with Crippen molar-refractivity contribution in [3.63, 3.8) is 0 Å². The molecule has 0 bridgehead atoms. The normalized spacial score (nSPS) is 10.5. The zero-order chi connectivity index (χ0) is 17.5. The van der Waals surface area contributed by atoms with E-state index in [1.54, 1.807) is 6.92 Å². The maximum absolute atomic E-state index is 12.2. The molecular weight excluding hydrogens is 300 g/mol. The summed E-state index contributed by atoms with van der Waals surface area (Å²) in [5.41, 5.74) is 3.17. The summed E-state index contributed by atoms with van der Waals surface area (Å²) in [6.07, 6.45) is 0. The van der Waals surface area contributed by atoms with Crippen LogP contribution in [-0.4, -0.2) is 12.6 Å². The first-order valence-corrected chi connectivity index (χ1v) is 8.20. The van der Waals surface area contributed by atoms with Gasteiger partial charge in [0, 0.05) is 5.56 Å². The molecule has 0 aliphatic rings. The minimum absolute atomic E-state index is 0.242. The Morgan fingerprint density at radius 1 is 1.08 bits per heavy atom. The number of benzene rings is 2. The first-order chi connectivity index (χ1) is 11.5. The van der Waals surface area contributed by atoms with Crippen LogP contribution in [0.4, 0.5) is 0 Å². The molecule has 0 fully saturated rings. The zero-order valence-corrected chi connectivity index (χ0v) is 14.5. The lowest BCUT2D eigenvalue weighted by atomic mass is 9.92. The third-order valence-electron chi connectivity index (χ3n) is 3.74. The average Bonchev–Trinajstić information content (AvgIpc) is 2.60. The van der Waals surface area contributed by atoms with Crippen molar-refractivity contribution in [2.75, 3.05) is 6.61 Å². The van der Waals surface area contributed by atoms with Gasteiger partial charge in [-0.3, -0.25) is 0 Å². The largest absolute Gasteiger partial charge is 0.488 e. The summed E-state index contributed by atoms with van der Waals surface area (Å²) in [7, 11) is 0. The van der Waals surface area contributed by atoms with Crippen molar-refractivity contribution in [3.05, 3.63) is 71.8 Å². The van der Waals surface area contributed by atoms with E-state index < -0.39 is 5.97 Å². The maximum atomic E-state index is 12.2. The van der Waals surface area contributed by atoms with Crippen LogP contribution in [0.2, 0.25) is 0 Å². The van der Waals surface area contributed by atoms with Crippen LogP contribution in [0.15, 0.2) is 55.1 Å². The SMILES string of the molecule is C=C(C(=O)OCC)c1c(OCc2ccccc2)cccc1C(C)C. The molecule has 0 aliphatic heterocycles. The van der Waals surface area contributed by atoms with Gasteiger partial charge in [-0.15, -0.1) is 0 Å². The summed E-state index contributed by atoms with van der Waals surface area (Å²) in [5.74, 6) is 0.490. The average molecular weight is 324 g/mol. The van der Waals surface area contributed by atoms with Crippen molar-refractivity contribution in [2.24, 2.45) is 0 Å². The molecule has 0 unspecified atom stereocenters. The van der Waals surface area contributed by atoms with Crippen molar-refractivity contribution >= 4 is 11.5 Å². The van der Waals surface area contributed by atoms with E-state index in [1.807, 2.05) is 48.5 Å². The molecule has 24 heavy (non-hydrogen) atoms. The van der Waals surface area contributed by atoms with Crippen molar-refractivity contribution in [1.82, 2.24) is 0 Å². The van der Waals surface area contributed by atoms with E-state index in [-0.39, 0.29) is 5.92 Å². The molecule has 0 saturated carbocycles. The topological polar surface area (TPSA) is 35.5 Å². The number of hydrogen-bond acceptors (Lipinski definition) is 3. The van der Waals surface area contributed by atoms with Gasteiger partial charge >= 0.3 is 5.97 Å². The van der Waals surface area contributed by atoms with Crippen molar-refractivity contribution in [3.8, 4) is 5.75 Å². The van der Waals surface area contributed by atoms with Gasteiger partial charge in [-0.05, 0) is 30.0 Å². The zero-order valence-electron chi connectivity index (χ0n) is 14.5. The Bertz CT molecular complexity index is 702. The van der Waals surface area contributed by atoms with Gasteiger partial charge < -0.3 is 9.47 Å². The molecule has 0 aromatic heterocycles. The molecule has 0 radical (unpaired) electrons. The maximum Gasteiger partial charge on any atom is 0.338 e. The third kappa shape index (κ3) is 4.25. The Morgan fingerprint density at radius 3 is 2.42 bits per heavy atom. The fraction of sp³-hybridized carbons (Fsp3) is 0.286. The van der Waals surface area contributed by atoms with Gasteiger partial charge in [0.25, 0.3) is 0 Å². The van der Waals surface area contributed by atoms with E-state index >= 15 is 0 Å². The van der Waals surface area contributed by atoms with Crippen molar-refractivity contribution in [2.45, 2.75) is 33.3 Å². The van der Waals surface area contributed by atoms with E-state index in [0.717, 1.165) is 16.7 Å². The molecule has 0 amide bonds. The molecule has 2 rings (SSSR count). The number of carbonyl (C=O) groups is 1. The Labute approximate surface area is 143 Å². The molecule has 0 heterocycles. The lowest BCUT2D eigenvalue weighted by Gasteiger charge is -2.19. The summed E-state index contributed by atoms with van der Waals surface area (Å²) in [6.45, 7) is 10.7. The summed E-state index contributed by atoms with van der Waals surface area (Å²) in [6, 6.07) is 15.7. The highest BCUT2D eigenvalue weighted by Gasteiger charge is 2.20. The fourth-order valence-electron chi connectivity index (χ4n) is 2.53. The first-order valence-electron chi connectivity index (χ1n) is 8.20. The van der Waals surface area contributed by atoms with Gasteiger partial charge in [-0.25, -0.2) is 4.79 Å². The number of rotatable bonds is 7. The van der Waals surface area contributed by atoms with Gasteiger partial charge in [0.2, 0.25) is 0 Å². The molecule has 0 atom stereocenters. The van der Waals surface area contributed by atoms with Crippen LogP contribution in [0.5, 0.6) is 5.75 Å². The molecule has 126 valence electrons. The number of hydrogen-bond donors (Lipinski definition) is 0. The Balaban J connectivity index is 2.34. The highest BCUT2D eigenvalue weighted by atomic mass is 16.5. The molecule has 2 aromatic rings. The quantitative estimate of drug-likeness (QED) is 0.533. The highest BCUT2D eigenvalue weighted by molar-refractivity contribution is 6.17. The van der Waals surface area contributed by atoms with Gasteiger partial charge in [0.1, 0.15) is 12.4 Å². The molecule has 0 spiro atoms. The van der Waals surface area contributed by atoms with Crippen LogP contribution in [-0.2, 0) is 16.1 Å². The molecule has 3 nitrogen and oxygen atoms in total. The molecule has 0 aliphatic carbocycles. The summed E-state index contributed by atoms with van der Waals surface area (Å²) >= 11 is 0. The predicted molar refractivity (Wildman–Crippen MR) is 97.0 cm³/mol. The lowest BCUT2D eigenvalue weighted by molar-refractivity contribution is -0.136. The van der Waals surface area contributed by atoms with Gasteiger partial charge in [0.05, 0.1) is 12.2 Å². The number of carbonyl (C=O) groups excluding carboxylic acids is 1. The highest BCUT2D eigenvalue weighted by Crippen LogP contribution is 2.34. The second kappa shape index (κ2) is 8.34. The fourth-order valence-corrected chi connectivity index (χ4v) is 2.53. The Morgan fingerprint density at radius 2 is 1.79 bits per heavy atom. The Hall–Kier alpha value is -2.55. The van der Waals surface area contributed by atoms with Crippen LogP contribution >= 0.6 is 0 Å². The van der Waals surface area contributed by atoms with E-state index in [2.05, 4.69) is 20.4 Å². The van der Waals surface area contributed by atoms with Gasteiger partial charge in [-0.1, -0.05) is 62.9 Å². The van der Waals surface area contributed by atoms with Gasteiger partial charge in [0.15, 0.2) is 0 Å². The van der Waals surface area contributed by atoms with E-state index in [1.165, 1.54) is 0 Å². The van der Waals surface area contributed by atoms with Crippen LogP contribution < -0.4 is 4.74 Å². The molecule has 0 saturated heterocycles. The molecule has 2 aromatic carbocycles. The monoisotopic (exact) mass is 324 g/mol. The third-order valence-corrected chi connectivity index (χ3v) is 3.74. The van der Waals surface area contributed by atoms with E-state index in [4.69, 9.17) is 9.47 Å². The van der Waals surface area contributed by atoms with E-state index in [9.17, 15) is 4.79 Å².